The first-order valence-electron chi connectivity index (χ1n) is 7.74. The molecule has 0 N–H and O–H groups in total. The van der Waals surface area contributed by atoms with Gasteiger partial charge in [0.25, 0.3) is 0 Å². The first kappa shape index (κ1) is 13.6. The Hall–Kier alpha value is 0.177. The van der Waals surface area contributed by atoms with Crippen LogP contribution >= 0.6 is 0 Å². The van der Waals surface area contributed by atoms with Gasteiger partial charge in [0.1, 0.15) is 0 Å². The van der Waals surface area contributed by atoms with Gasteiger partial charge < -0.3 is 4.74 Å². The second-order valence-corrected chi connectivity index (χ2v) is 12.5. The summed E-state index contributed by atoms with van der Waals surface area (Å²) in [6, 6.07) is 0. The van der Waals surface area contributed by atoms with Crippen LogP contribution in [0.4, 0.5) is 0 Å². The van der Waals surface area contributed by atoms with Crippen LogP contribution in [-0.4, -0.2) is 19.4 Å². The molecule has 1 saturated heterocycles. The molecular formula is C15H30OSi. The Bertz CT molecular complexity index is 246. The molecule has 2 aliphatic rings. The summed E-state index contributed by atoms with van der Waals surface area (Å²) in [5.74, 6) is 0. The summed E-state index contributed by atoms with van der Waals surface area (Å²) >= 11 is 0. The van der Waals surface area contributed by atoms with Gasteiger partial charge in [-0.3, -0.25) is 0 Å². The summed E-state index contributed by atoms with van der Waals surface area (Å²) in [6.07, 6.45) is 14.8. The van der Waals surface area contributed by atoms with Gasteiger partial charge in [0.2, 0.25) is 0 Å². The van der Waals surface area contributed by atoms with E-state index in [4.69, 9.17) is 4.74 Å². The van der Waals surface area contributed by atoms with E-state index in [1.54, 1.807) is 0 Å². The minimum absolute atomic E-state index is 0.367. The van der Waals surface area contributed by atoms with Gasteiger partial charge in [0, 0.05) is 0 Å². The fourth-order valence-corrected chi connectivity index (χ4v) is 6.08. The maximum Gasteiger partial charge on any atom is 0.0858 e. The van der Waals surface area contributed by atoms with E-state index in [0.29, 0.717) is 11.3 Å². The lowest BCUT2D eigenvalue weighted by atomic mass is 10.0. The topological polar surface area (TPSA) is 12.5 Å². The van der Waals surface area contributed by atoms with Crippen molar-refractivity contribution in [2.24, 2.45) is 0 Å². The third-order valence-electron chi connectivity index (χ3n) is 4.85. The number of fused-ring (bicyclic) bond motifs is 1. The molecule has 0 spiro atoms. The summed E-state index contributed by atoms with van der Waals surface area (Å²) in [4.78, 5) is 0. The second kappa shape index (κ2) is 5.44. The molecule has 0 aromatic carbocycles. The van der Waals surface area contributed by atoms with Crippen LogP contribution in [0.3, 0.4) is 0 Å². The van der Waals surface area contributed by atoms with Gasteiger partial charge in [-0.1, -0.05) is 71.0 Å². The number of epoxide rings is 1. The molecule has 0 bridgehead atoms. The molecule has 2 unspecified atom stereocenters. The van der Waals surface area contributed by atoms with Crippen molar-refractivity contribution in [3.8, 4) is 0 Å². The molecule has 1 aliphatic carbocycles. The molecule has 0 aromatic heterocycles. The van der Waals surface area contributed by atoms with E-state index >= 15 is 0 Å². The average molecular weight is 254 g/mol. The zero-order valence-corrected chi connectivity index (χ0v) is 13.1. The van der Waals surface area contributed by atoms with Crippen molar-refractivity contribution in [2.45, 2.75) is 95.2 Å². The quantitative estimate of drug-likeness (QED) is 0.478. The molecule has 17 heavy (non-hydrogen) atoms. The number of ether oxygens (including phenoxy) is 1. The molecule has 2 fully saturated rings. The predicted molar refractivity (Wildman–Crippen MR) is 77.1 cm³/mol. The second-order valence-electron chi connectivity index (χ2n) is 7.11. The zero-order chi connectivity index (χ0) is 12.4. The van der Waals surface area contributed by atoms with Crippen LogP contribution in [0.5, 0.6) is 0 Å². The molecule has 1 nitrogen and oxygen atoms in total. The minimum Gasteiger partial charge on any atom is -0.370 e. The fraction of sp³-hybridized carbons (Fsp3) is 1.00. The summed E-state index contributed by atoms with van der Waals surface area (Å²) in [7, 11) is -1.15. The Labute approximate surface area is 108 Å². The van der Waals surface area contributed by atoms with Crippen LogP contribution in [0.25, 0.3) is 0 Å². The van der Waals surface area contributed by atoms with E-state index in [1.807, 2.05) is 0 Å². The van der Waals surface area contributed by atoms with Gasteiger partial charge in [0.05, 0.1) is 19.4 Å². The summed E-state index contributed by atoms with van der Waals surface area (Å²) in [5.41, 5.74) is 0. The molecule has 100 valence electrons. The predicted octanol–water partition coefficient (Wildman–Crippen LogP) is 4.92. The Balaban J connectivity index is 1.93. The van der Waals surface area contributed by atoms with Gasteiger partial charge >= 0.3 is 0 Å². The van der Waals surface area contributed by atoms with E-state index in [9.17, 15) is 0 Å². The molecule has 2 atom stereocenters. The highest BCUT2D eigenvalue weighted by Gasteiger charge is 2.62. The summed E-state index contributed by atoms with van der Waals surface area (Å²) in [6.45, 7) is 7.50. The fourth-order valence-electron chi connectivity index (χ4n) is 3.54. The first-order valence-corrected chi connectivity index (χ1v) is 11.2. The third kappa shape index (κ3) is 3.14. The van der Waals surface area contributed by atoms with Crippen LogP contribution < -0.4 is 0 Å². The molecule has 0 aromatic rings. The SMILES string of the molecule is C[Si](C)(C)C12CCCCCCCCCCC1O2. The molecule has 1 aliphatic heterocycles. The molecule has 2 heteroatoms. The van der Waals surface area contributed by atoms with Crippen molar-refractivity contribution in [2.75, 3.05) is 0 Å². The number of hydrogen-bond acceptors (Lipinski definition) is 1. The summed E-state index contributed by atoms with van der Waals surface area (Å²) in [5, 5.41) is 0.367. The highest BCUT2D eigenvalue weighted by Crippen LogP contribution is 2.50. The summed E-state index contributed by atoms with van der Waals surface area (Å²) < 4.78 is 6.24. The van der Waals surface area contributed by atoms with Crippen molar-refractivity contribution < 1.29 is 4.74 Å². The first-order chi connectivity index (χ1) is 8.06. The Morgan fingerprint density at radius 2 is 1.35 bits per heavy atom. The van der Waals surface area contributed by atoms with Crippen LogP contribution in [0, 0.1) is 0 Å². The lowest BCUT2D eigenvalue weighted by molar-refractivity contribution is 0.322. The Kier molecular flexibility index (Phi) is 4.35. The minimum atomic E-state index is -1.15. The molecular weight excluding hydrogens is 224 g/mol. The van der Waals surface area contributed by atoms with Crippen molar-refractivity contribution in [3.63, 3.8) is 0 Å². The van der Waals surface area contributed by atoms with Crippen LogP contribution in [0.1, 0.15) is 64.2 Å². The number of hydrogen-bond donors (Lipinski definition) is 0. The van der Waals surface area contributed by atoms with Crippen molar-refractivity contribution in [1.82, 2.24) is 0 Å². The molecule has 0 radical (unpaired) electrons. The normalized spacial score (nSPS) is 36.5. The maximum atomic E-state index is 6.24. The van der Waals surface area contributed by atoms with E-state index in [2.05, 4.69) is 19.6 Å². The third-order valence-corrected chi connectivity index (χ3v) is 8.08. The monoisotopic (exact) mass is 254 g/mol. The van der Waals surface area contributed by atoms with Gasteiger partial charge in [0.15, 0.2) is 0 Å². The lowest BCUT2D eigenvalue weighted by Crippen LogP contribution is -2.43. The number of rotatable bonds is 1. The molecule has 1 heterocycles. The Morgan fingerprint density at radius 3 is 1.94 bits per heavy atom. The Morgan fingerprint density at radius 1 is 0.824 bits per heavy atom. The zero-order valence-electron chi connectivity index (χ0n) is 12.1. The van der Waals surface area contributed by atoms with Crippen molar-refractivity contribution in [3.05, 3.63) is 0 Å². The standard InChI is InChI=1S/C15H30OSi/c1-17(2,3)15-13-11-9-7-5-4-6-8-10-12-14(15)16-15/h14H,4-13H2,1-3H3. The molecule has 0 amide bonds. The van der Waals surface area contributed by atoms with Gasteiger partial charge in [-0.05, 0) is 12.8 Å². The van der Waals surface area contributed by atoms with Gasteiger partial charge in [-0.25, -0.2) is 0 Å². The van der Waals surface area contributed by atoms with E-state index in [-0.39, 0.29) is 0 Å². The smallest absolute Gasteiger partial charge is 0.0858 e. The van der Waals surface area contributed by atoms with E-state index in [1.165, 1.54) is 64.2 Å². The van der Waals surface area contributed by atoms with Gasteiger partial charge in [-0.2, -0.15) is 0 Å². The van der Waals surface area contributed by atoms with Crippen molar-refractivity contribution in [1.29, 1.82) is 0 Å². The molecule has 2 rings (SSSR count). The van der Waals surface area contributed by atoms with Gasteiger partial charge in [-0.15, -0.1) is 0 Å². The molecule has 1 saturated carbocycles. The van der Waals surface area contributed by atoms with Crippen LogP contribution in [-0.2, 0) is 4.74 Å². The lowest BCUT2D eigenvalue weighted by Gasteiger charge is -2.27. The van der Waals surface area contributed by atoms with Crippen LogP contribution in [0.15, 0.2) is 0 Å². The van der Waals surface area contributed by atoms with E-state index in [0.717, 1.165) is 0 Å². The highest BCUT2D eigenvalue weighted by atomic mass is 28.3. The largest absolute Gasteiger partial charge is 0.370 e. The van der Waals surface area contributed by atoms with E-state index < -0.39 is 8.07 Å². The highest BCUT2D eigenvalue weighted by molar-refractivity contribution is 6.79. The maximum absolute atomic E-state index is 6.24. The van der Waals surface area contributed by atoms with Crippen molar-refractivity contribution >= 4 is 8.07 Å². The average Bonchev–Trinajstić information content (AvgIpc) is 2.92. The van der Waals surface area contributed by atoms with Crippen LogP contribution in [0.2, 0.25) is 19.6 Å².